The van der Waals surface area contributed by atoms with E-state index >= 15 is 0 Å². The summed E-state index contributed by atoms with van der Waals surface area (Å²) in [6.07, 6.45) is 0. The first kappa shape index (κ1) is 21.0. The van der Waals surface area contributed by atoms with Crippen molar-refractivity contribution in [1.29, 1.82) is 0 Å². The summed E-state index contributed by atoms with van der Waals surface area (Å²) in [5.41, 5.74) is 7.60. The first-order chi connectivity index (χ1) is 17.2. The number of halogens is 2. The Bertz CT molecular complexity index is 1510. The van der Waals surface area contributed by atoms with Crippen molar-refractivity contribution in [3.05, 3.63) is 146 Å². The van der Waals surface area contributed by atoms with Gasteiger partial charge in [0.15, 0.2) is 0 Å². The number of nitrogens with zero attached hydrogens (tertiary/aromatic N) is 1. The predicted molar refractivity (Wildman–Crippen MR) is 148 cm³/mol. The van der Waals surface area contributed by atoms with Gasteiger partial charge in [-0.25, -0.2) is 0 Å². The number of hydrogen-bond acceptors (Lipinski definition) is 2. The molecular weight excluding hydrogens is 562 g/mol. The molecule has 1 spiro atoms. The van der Waals surface area contributed by atoms with Crippen molar-refractivity contribution >= 4 is 48.9 Å². The molecule has 7 rings (SSSR count). The molecule has 0 aliphatic carbocycles. The Hall–Kier alpha value is -3.34. The standard InChI is InChI=1S/C31H19Br2NO/c32-20-14-16-27-25(18-20)31(23-10-4-6-12-29(23)35-30-13-7-5-11-24(30)31)26-19-21(33)15-17-28(26)34(27)22-8-2-1-3-9-22/h1-19H. The normalized spacial score (nSPS) is 14.4. The third-order valence-corrected chi connectivity index (χ3v) is 8.01. The van der Waals surface area contributed by atoms with Crippen molar-refractivity contribution < 1.29 is 4.74 Å². The van der Waals surface area contributed by atoms with Gasteiger partial charge in [-0.3, -0.25) is 0 Å². The second-order valence-electron chi connectivity index (χ2n) is 8.84. The van der Waals surface area contributed by atoms with E-state index in [4.69, 9.17) is 4.74 Å². The van der Waals surface area contributed by atoms with Gasteiger partial charge in [0.1, 0.15) is 11.5 Å². The van der Waals surface area contributed by atoms with Crippen molar-refractivity contribution in [3.63, 3.8) is 0 Å². The number of para-hydroxylation sites is 3. The second-order valence-corrected chi connectivity index (χ2v) is 10.7. The SMILES string of the molecule is Brc1ccc2c(c1)C1(c3ccccc3Oc3ccccc31)c1cc(Br)ccc1N2c1ccccc1. The van der Waals surface area contributed by atoms with Crippen molar-refractivity contribution in [1.82, 2.24) is 0 Å². The summed E-state index contributed by atoms with van der Waals surface area (Å²) in [7, 11) is 0. The zero-order chi connectivity index (χ0) is 23.6. The van der Waals surface area contributed by atoms with Gasteiger partial charge in [-0.05, 0) is 71.8 Å². The van der Waals surface area contributed by atoms with Crippen LogP contribution in [0.3, 0.4) is 0 Å². The minimum atomic E-state index is -0.547. The maximum Gasteiger partial charge on any atom is 0.132 e. The first-order valence-corrected chi connectivity index (χ1v) is 13.1. The molecule has 2 heterocycles. The Labute approximate surface area is 221 Å². The van der Waals surface area contributed by atoms with E-state index < -0.39 is 5.41 Å². The summed E-state index contributed by atoms with van der Waals surface area (Å²) in [6, 6.07) is 40.7. The highest BCUT2D eigenvalue weighted by Crippen LogP contribution is 2.63. The minimum Gasteiger partial charge on any atom is -0.457 e. The van der Waals surface area contributed by atoms with Crippen LogP contribution in [0.4, 0.5) is 17.1 Å². The second kappa shape index (κ2) is 7.84. The molecule has 2 nitrogen and oxygen atoms in total. The van der Waals surface area contributed by atoms with E-state index in [1.165, 1.54) is 11.1 Å². The van der Waals surface area contributed by atoms with Crippen LogP contribution in [-0.4, -0.2) is 0 Å². The van der Waals surface area contributed by atoms with Gasteiger partial charge < -0.3 is 9.64 Å². The molecule has 5 aromatic rings. The number of benzene rings is 5. The maximum absolute atomic E-state index is 6.47. The average molecular weight is 581 g/mol. The van der Waals surface area contributed by atoms with Crippen molar-refractivity contribution in [2.24, 2.45) is 0 Å². The lowest BCUT2D eigenvalue weighted by atomic mass is 9.61. The summed E-state index contributed by atoms with van der Waals surface area (Å²) in [5.74, 6) is 1.77. The molecule has 35 heavy (non-hydrogen) atoms. The van der Waals surface area contributed by atoms with E-state index in [1.54, 1.807) is 0 Å². The van der Waals surface area contributed by atoms with Crippen LogP contribution in [0, 0.1) is 0 Å². The summed E-state index contributed by atoms with van der Waals surface area (Å²) < 4.78 is 8.56. The zero-order valence-corrected chi connectivity index (χ0v) is 21.8. The Kier molecular flexibility index (Phi) is 4.70. The number of anilines is 3. The van der Waals surface area contributed by atoms with E-state index in [0.29, 0.717) is 0 Å². The van der Waals surface area contributed by atoms with Crippen molar-refractivity contribution in [2.75, 3.05) is 4.90 Å². The summed E-state index contributed by atoms with van der Waals surface area (Å²) >= 11 is 7.58. The molecule has 0 saturated heterocycles. The molecule has 168 valence electrons. The van der Waals surface area contributed by atoms with Gasteiger partial charge in [-0.2, -0.15) is 0 Å². The Morgan fingerprint density at radius 1 is 0.514 bits per heavy atom. The topological polar surface area (TPSA) is 12.5 Å². The molecule has 0 amide bonds. The fourth-order valence-electron chi connectivity index (χ4n) is 5.71. The van der Waals surface area contributed by atoms with Crippen LogP contribution >= 0.6 is 31.9 Å². The van der Waals surface area contributed by atoms with Gasteiger partial charge in [0.05, 0.1) is 16.8 Å². The lowest BCUT2D eigenvalue weighted by molar-refractivity contribution is 0.434. The molecular formula is C31H19Br2NO. The lowest BCUT2D eigenvalue weighted by Gasteiger charge is -2.48. The number of rotatable bonds is 1. The quantitative estimate of drug-likeness (QED) is 0.192. The molecule has 0 unspecified atom stereocenters. The predicted octanol–water partition coefficient (Wildman–Crippen LogP) is 9.48. The number of fused-ring (bicyclic) bond motifs is 8. The lowest BCUT2D eigenvalue weighted by Crippen LogP contribution is -2.39. The van der Waals surface area contributed by atoms with Crippen LogP contribution in [0.25, 0.3) is 0 Å². The van der Waals surface area contributed by atoms with Gasteiger partial charge in [0, 0.05) is 25.8 Å². The Balaban J connectivity index is 1.70. The molecule has 0 fully saturated rings. The molecule has 0 radical (unpaired) electrons. The van der Waals surface area contributed by atoms with E-state index in [0.717, 1.165) is 48.6 Å². The minimum absolute atomic E-state index is 0.547. The van der Waals surface area contributed by atoms with Crippen LogP contribution in [0.15, 0.2) is 124 Å². The molecule has 5 aromatic carbocycles. The van der Waals surface area contributed by atoms with Gasteiger partial charge in [0.2, 0.25) is 0 Å². The van der Waals surface area contributed by atoms with Crippen LogP contribution in [-0.2, 0) is 5.41 Å². The van der Waals surface area contributed by atoms with Gasteiger partial charge in [-0.15, -0.1) is 0 Å². The maximum atomic E-state index is 6.47. The monoisotopic (exact) mass is 579 g/mol. The molecule has 4 heteroatoms. The van der Waals surface area contributed by atoms with Crippen molar-refractivity contribution in [3.8, 4) is 11.5 Å². The van der Waals surface area contributed by atoms with Crippen LogP contribution < -0.4 is 9.64 Å². The third kappa shape index (κ3) is 2.93. The van der Waals surface area contributed by atoms with E-state index in [2.05, 4.69) is 140 Å². The third-order valence-electron chi connectivity index (χ3n) is 7.02. The molecule has 0 aromatic heterocycles. The Morgan fingerprint density at radius 2 is 1.00 bits per heavy atom. The van der Waals surface area contributed by atoms with E-state index in [1.807, 2.05) is 12.1 Å². The molecule has 0 saturated carbocycles. The van der Waals surface area contributed by atoms with Crippen LogP contribution in [0.1, 0.15) is 22.3 Å². The fourth-order valence-corrected chi connectivity index (χ4v) is 6.43. The molecule has 2 aliphatic rings. The van der Waals surface area contributed by atoms with Gasteiger partial charge >= 0.3 is 0 Å². The van der Waals surface area contributed by atoms with Crippen LogP contribution in [0.2, 0.25) is 0 Å². The van der Waals surface area contributed by atoms with Gasteiger partial charge in [-0.1, -0.05) is 86.5 Å². The van der Waals surface area contributed by atoms with Gasteiger partial charge in [0.25, 0.3) is 0 Å². The molecule has 0 bridgehead atoms. The largest absolute Gasteiger partial charge is 0.457 e. The highest BCUT2D eigenvalue weighted by molar-refractivity contribution is 9.10. The molecule has 0 N–H and O–H groups in total. The zero-order valence-electron chi connectivity index (χ0n) is 18.6. The smallest absolute Gasteiger partial charge is 0.132 e. The summed E-state index contributed by atoms with van der Waals surface area (Å²) in [5, 5.41) is 0. The number of ether oxygens (including phenoxy) is 1. The average Bonchev–Trinajstić information content (AvgIpc) is 2.89. The van der Waals surface area contributed by atoms with Crippen molar-refractivity contribution in [2.45, 2.75) is 5.41 Å². The van der Waals surface area contributed by atoms with E-state index in [-0.39, 0.29) is 0 Å². The fraction of sp³-hybridized carbons (Fsp3) is 0.0323. The highest BCUT2D eigenvalue weighted by atomic mass is 79.9. The first-order valence-electron chi connectivity index (χ1n) is 11.5. The summed E-state index contributed by atoms with van der Waals surface area (Å²) in [4.78, 5) is 2.37. The molecule has 0 atom stereocenters. The number of hydrogen-bond donors (Lipinski definition) is 0. The Morgan fingerprint density at radius 3 is 1.54 bits per heavy atom. The molecule has 2 aliphatic heterocycles. The summed E-state index contributed by atoms with van der Waals surface area (Å²) in [6.45, 7) is 0. The highest BCUT2D eigenvalue weighted by Gasteiger charge is 2.51. The van der Waals surface area contributed by atoms with Crippen LogP contribution in [0.5, 0.6) is 11.5 Å². The van der Waals surface area contributed by atoms with E-state index in [9.17, 15) is 0 Å².